The van der Waals surface area contributed by atoms with Gasteiger partial charge in [0.1, 0.15) is 71.2 Å². The second-order valence-corrected chi connectivity index (χ2v) is 49.1. The summed E-state index contributed by atoms with van der Waals surface area (Å²) in [7, 11) is -14.1. The number of nitrogens with two attached hydrogens (primary N) is 1. The molecule has 14 atom stereocenters. The first-order chi connectivity index (χ1) is 68.2. The van der Waals surface area contributed by atoms with E-state index in [1.807, 2.05) is 63.0 Å². The molecule has 4 aliphatic heterocycles. The highest BCUT2D eigenvalue weighted by Gasteiger charge is 2.46. The van der Waals surface area contributed by atoms with Crippen molar-refractivity contribution >= 4 is 180 Å². The van der Waals surface area contributed by atoms with Crippen molar-refractivity contribution in [1.29, 1.82) is 0 Å². The average molecular weight is 2220 g/mol. The summed E-state index contributed by atoms with van der Waals surface area (Å²) in [5.41, 5.74) is -0.315. The van der Waals surface area contributed by atoms with Crippen LogP contribution in [0.4, 0.5) is 11.6 Å². The first-order valence-electron chi connectivity index (χ1n) is 47.7. The van der Waals surface area contributed by atoms with Gasteiger partial charge in [0.15, 0.2) is 30.5 Å². The number of nitrogens with one attached hydrogen (secondary N) is 4. The Labute approximate surface area is 867 Å². The number of likely N-dealkylation sites (N-methyl/N-ethyl adjacent to an activating group) is 3. The summed E-state index contributed by atoms with van der Waals surface area (Å²) < 4.78 is 189. The fourth-order valence-corrected chi connectivity index (χ4v) is 24.8. The van der Waals surface area contributed by atoms with Gasteiger partial charge in [-0.3, -0.25) is 47.9 Å². The smallest absolute Gasteiger partial charge is 0.347 e. The van der Waals surface area contributed by atoms with Crippen LogP contribution in [0.15, 0.2) is 29.0 Å². The number of aromatic nitrogens is 4. The number of methoxy groups -OCH3 is 1. The number of morpholine rings is 2. The number of anilines is 2. The van der Waals surface area contributed by atoms with Crippen molar-refractivity contribution < 1.29 is 158 Å². The zero-order valence-electron chi connectivity index (χ0n) is 85.8. The van der Waals surface area contributed by atoms with Crippen LogP contribution in [0.2, 0.25) is 0 Å². The van der Waals surface area contributed by atoms with Gasteiger partial charge in [0.2, 0.25) is 27.6 Å². The van der Waals surface area contributed by atoms with E-state index in [9.17, 15) is 101 Å². The SMILES string of the molecule is CCN(C(=O)C(C)OC(=O)C(C)OC(=O)C(C)OC(=O)C(C)OC(=O)C(C)OC(=O)CCC(=O)OC(CNC(C)(C)C)COc1nsnc1N1CCOCC1)[C@@H]1CN(CCCOC)S(=O)(=O)c2sc(S(N)(=O)=O)cc21.CCN[C@@H]1CN(C)S(=O)(=O)c2sc(S(=O)(=O)NC(=O)C(C)CC(=O)C(C)CC(=O)C(C)CC(=O)C(C)CC(=O)C(C)CC(=O)CCC(=O)OC(CNC(C)(C)C)COc3nsnc3N3CCOCC3)cc21. The maximum absolute atomic E-state index is 13.8. The minimum Gasteiger partial charge on any atom is -0.470 e. The lowest BCUT2D eigenvalue weighted by Gasteiger charge is -2.39. The average Bonchev–Trinajstić information content (AvgIpc) is 1.60. The number of rotatable bonds is 56. The third kappa shape index (κ3) is 37.4. The van der Waals surface area contributed by atoms with Crippen molar-refractivity contribution in [3.63, 3.8) is 0 Å². The Morgan fingerprint density at radius 2 is 0.918 bits per heavy atom. The van der Waals surface area contributed by atoms with E-state index >= 15 is 0 Å². The molecule has 0 spiro atoms. The number of ether oxygens (including phenoxy) is 12. The number of hydrogen-bond acceptors (Lipinski definition) is 47. The number of esters is 7. The number of fused-ring (bicyclic) bond motifs is 2. The van der Waals surface area contributed by atoms with Gasteiger partial charge in [0.05, 0.1) is 75.2 Å². The number of primary sulfonamides is 1. The summed E-state index contributed by atoms with van der Waals surface area (Å²) in [5.74, 6) is -13.2. The Kier molecular flexibility index (Phi) is 47.4. The highest BCUT2D eigenvalue weighted by atomic mass is 32.3. The Balaban J connectivity index is 0.000000396. The first kappa shape index (κ1) is 124. The van der Waals surface area contributed by atoms with Crippen LogP contribution in [0.25, 0.3) is 0 Å². The number of amides is 2. The van der Waals surface area contributed by atoms with E-state index < -0.39 is 201 Å². The number of ketones is 5. The number of thiophene rings is 2. The molecule has 0 bridgehead atoms. The van der Waals surface area contributed by atoms with Crippen LogP contribution in [0.3, 0.4) is 0 Å². The van der Waals surface area contributed by atoms with Crippen molar-refractivity contribution in [2.24, 2.45) is 34.7 Å². The molecule has 0 aliphatic carbocycles. The molecule has 0 aromatic carbocycles. The molecule has 820 valence electrons. The normalized spacial score (nSPS) is 18.5. The molecular weight excluding hydrogens is 2080 g/mol. The molecule has 0 saturated carbocycles. The first-order valence-corrected chi connectivity index (χ1v) is 56.7. The Morgan fingerprint density at radius 1 is 0.521 bits per heavy atom. The summed E-state index contributed by atoms with van der Waals surface area (Å²) in [6.07, 6.45) is -11.6. The van der Waals surface area contributed by atoms with Crippen LogP contribution < -0.4 is 45.1 Å². The van der Waals surface area contributed by atoms with Crippen LogP contribution in [0.5, 0.6) is 11.8 Å². The van der Waals surface area contributed by atoms with E-state index in [-0.39, 0.29) is 169 Å². The summed E-state index contributed by atoms with van der Waals surface area (Å²) >= 11 is 2.98. The van der Waals surface area contributed by atoms with E-state index in [4.69, 9.17) is 62.0 Å². The number of carbonyl (C=O) groups is 14. The second kappa shape index (κ2) is 56.0. The summed E-state index contributed by atoms with van der Waals surface area (Å²) in [5, 5.41) is 15.0. The molecule has 8 heterocycles. The minimum absolute atomic E-state index is 0.00545. The predicted molar refractivity (Wildman–Crippen MR) is 529 cm³/mol. The van der Waals surface area contributed by atoms with Crippen LogP contribution in [0.1, 0.15) is 212 Å². The zero-order valence-corrected chi connectivity index (χ0v) is 92.3. The Hall–Kier alpha value is -9.26. The predicted octanol–water partition coefficient (Wildman–Crippen LogP) is 4.49. The van der Waals surface area contributed by atoms with Gasteiger partial charge in [-0.1, -0.05) is 41.5 Å². The molecule has 2 amide bonds. The molecule has 8 rings (SSSR count). The van der Waals surface area contributed by atoms with E-state index in [1.54, 1.807) is 27.7 Å². The largest absolute Gasteiger partial charge is 0.470 e. The lowest BCUT2D eigenvalue weighted by atomic mass is 9.85. The number of nitrogens with zero attached hydrogens (tertiary/aromatic N) is 9. The summed E-state index contributed by atoms with van der Waals surface area (Å²) in [6, 6.07) is 0.860. The molecule has 146 heavy (non-hydrogen) atoms. The van der Waals surface area contributed by atoms with Gasteiger partial charge in [0.25, 0.3) is 47.7 Å². The molecule has 6 N–H and O–H groups in total. The maximum atomic E-state index is 13.8. The molecule has 4 aromatic rings. The number of carbonyl (C=O) groups excluding carboxylic acids is 14. The zero-order chi connectivity index (χ0) is 109. The fraction of sp³-hybridized carbons (Fsp3) is 0.711. The molecule has 2 saturated heterocycles. The van der Waals surface area contributed by atoms with Crippen molar-refractivity contribution in [3.05, 3.63) is 23.3 Å². The van der Waals surface area contributed by atoms with E-state index in [1.165, 1.54) is 52.8 Å². The van der Waals surface area contributed by atoms with Gasteiger partial charge in [-0.25, -0.2) is 62.7 Å². The minimum atomic E-state index is -4.50. The monoisotopic (exact) mass is 2210 g/mol. The van der Waals surface area contributed by atoms with Crippen LogP contribution in [0, 0.1) is 29.6 Å². The highest BCUT2D eigenvalue weighted by molar-refractivity contribution is 7.94. The van der Waals surface area contributed by atoms with Gasteiger partial charge < -0.3 is 87.5 Å². The maximum Gasteiger partial charge on any atom is 0.347 e. The molecule has 2 fully saturated rings. The van der Waals surface area contributed by atoms with Gasteiger partial charge in [0, 0.05) is 183 Å². The van der Waals surface area contributed by atoms with Gasteiger partial charge in [-0.2, -0.15) is 17.4 Å². The number of hydrogen-bond donors (Lipinski definition) is 5. The molecule has 56 heteroatoms. The lowest BCUT2D eigenvalue weighted by Crippen LogP contribution is -2.50. The highest BCUT2D eigenvalue weighted by Crippen LogP contribution is 2.44. The molecule has 4 aromatic heterocycles. The summed E-state index contributed by atoms with van der Waals surface area (Å²) in [6.45, 7) is 33.9. The Morgan fingerprint density at radius 3 is 1.34 bits per heavy atom. The third-order valence-corrected chi connectivity index (χ3v) is 34.6. The molecule has 48 nitrogen and oxygen atoms in total. The van der Waals surface area contributed by atoms with Gasteiger partial charge in [-0.05, 0) is 108 Å². The van der Waals surface area contributed by atoms with Crippen molar-refractivity contribution in [1.82, 2.24) is 51.7 Å². The van der Waals surface area contributed by atoms with Gasteiger partial charge in [-0.15, -0.1) is 31.4 Å². The quantitative estimate of drug-likeness (QED) is 0.0231. The fourth-order valence-electron chi connectivity index (χ4n) is 14.8. The van der Waals surface area contributed by atoms with Crippen molar-refractivity contribution in [2.75, 3.05) is 142 Å². The second-order valence-electron chi connectivity index (χ2n) is 37.8. The molecule has 0 radical (unpaired) electrons. The van der Waals surface area contributed by atoms with E-state index in [0.29, 0.717) is 105 Å². The lowest BCUT2D eigenvalue weighted by molar-refractivity contribution is -0.186. The Bertz CT molecular complexity index is 5670. The molecule has 4 aliphatic rings. The van der Waals surface area contributed by atoms with Crippen LogP contribution in [-0.2, 0) is 155 Å². The van der Waals surface area contributed by atoms with Crippen LogP contribution in [-0.4, -0.2) is 333 Å². The standard InChI is InChI=1S/C46H71N7O14S4.C44H67N7O20S4/c1-11-47-35-25-52(10)71(63,64)45-34(35)23-41(68-45)70(61,62)51-43(60)31(6)22-39(58)30(5)21-38(57)29(4)20-37(56)28(3)19-36(55)27(2)18-32(54)12-13-40(59)67-33(24-48-46(7,8)9)26-66-44-42(49-69-50-44)53-14-16-65-17-15-53;1-11-51(32-23-50(15-12-18-63-10)75(61,62)43-31(32)21-35(72-43)74(45,59)60)38(54)25(2)67-40(56)27(4)69-42(58)29(6)70-41(57)28(5)68-39(55)26(3)66-33(52)13-14-34(53)71-30(22-46-44(7,8)9)24-65-37-36(47-73-48-37)49-16-19-64-20-17-49/h23,27-31,33,35,47-48H,11-22,24-26H2,1-10H3,(H,51,60);21,25-30,32,46H,11-20,22-24H2,1-10H3,(H2,45,59,60)/t27?,28?,29?,30?,31?,33?,35-;25?,26?,27?,28?,29?,30?,32-/m11/s1. The topological polar surface area (TPSA) is 628 Å². The van der Waals surface area contributed by atoms with Crippen molar-refractivity contribution in [2.45, 2.75) is 272 Å². The molecular formula is C90H138N14O34S8. The van der Waals surface area contributed by atoms with Gasteiger partial charge >= 0.3 is 41.8 Å². The summed E-state index contributed by atoms with van der Waals surface area (Å²) in [4.78, 5) is 188. The number of Topliss-reactive ketones (excluding diaryl/α,β-unsaturated/α-hetero) is 5. The number of sulfonamides is 4. The van der Waals surface area contributed by atoms with E-state index in [2.05, 4.69) is 33.4 Å². The van der Waals surface area contributed by atoms with E-state index in [0.717, 1.165) is 58.9 Å². The van der Waals surface area contributed by atoms with Crippen LogP contribution >= 0.6 is 46.1 Å². The molecule has 12 unspecified atom stereocenters. The van der Waals surface area contributed by atoms with Crippen molar-refractivity contribution in [3.8, 4) is 11.8 Å². The third-order valence-electron chi connectivity index (χ3n) is 23.3.